The number of amides is 2. The van der Waals surface area contributed by atoms with E-state index in [1.807, 2.05) is 49.4 Å². The van der Waals surface area contributed by atoms with Gasteiger partial charge in [0.25, 0.3) is 5.91 Å². The zero-order valence-corrected chi connectivity index (χ0v) is 19.7. The molecule has 3 aromatic carbocycles. The van der Waals surface area contributed by atoms with Crippen LogP contribution in [0, 0.1) is 0 Å². The number of nitrogens with one attached hydrogen (secondary N) is 2. The molecular formula is C27H28N2O6. The molecule has 0 saturated carbocycles. The normalized spacial score (nSPS) is 10.2. The quantitative estimate of drug-likeness (QED) is 0.324. The van der Waals surface area contributed by atoms with Crippen molar-refractivity contribution in [2.45, 2.75) is 26.8 Å². The number of rotatable bonds is 10. The fraction of sp³-hybridized carbons (Fsp3) is 0.222. The van der Waals surface area contributed by atoms with Crippen molar-refractivity contribution in [3.8, 4) is 11.5 Å². The molecule has 0 atom stereocenters. The molecule has 0 heterocycles. The van der Waals surface area contributed by atoms with Crippen LogP contribution in [0.4, 0.5) is 10.5 Å². The Labute approximate surface area is 204 Å². The van der Waals surface area contributed by atoms with E-state index in [0.29, 0.717) is 17.9 Å². The van der Waals surface area contributed by atoms with Gasteiger partial charge in [0.2, 0.25) is 5.91 Å². The first-order valence-electron chi connectivity index (χ1n) is 11.3. The summed E-state index contributed by atoms with van der Waals surface area (Å²) in [6.45, 7) is 4.62. The number of ether oxygens (including phenoxy) is 3. The SMILES string of the molecule is CCOC(=O)Oc1ccc(C(=O)NCc2ccccc2NC(=O)Cc2ccc(OCC)cc2)cc1. The molecular weight excluding hydrogens is 448 g/mol. The van der Waals surface area contributed by atoms with Crippen LogP contribution < -0.4 is 20.1 Å². The van der Waals surface area contributed by atoms with Gasteiger partial charge in [0.1, 0.15) is 11.5 Å². The highest BCUT2D eigenvalue weighted by atomic mass is 16.7. The monoisotopic (exact) mass is 476 g/mol. The van der Waals surface area contributed by atoms with Gasteiger partial charge >= 0.3 is 6.16 Å². The number of benzene rings is 3. The first kappa shape index (κ1) is 25.3. The van der Waals surface area contributed by atoms with E-state index in [0.717, 1.165) is 16.9 Å². The second-order valence-electron chi connectivity index (χ2n) is 7.45. The van der Waals surface area contributed by atoms with Gasteiger partial charge in [0.15, 0.2) is 0 Å². The highest BCUT2D eigenvalue weighted by Crippen LogP contribution is 2.18. The van der Waals surface area contributed by atoms with Gasteiger partial charge in [-0.2, -0.15) is 0 Å². The van der Waals surface area contributed by atoms with Crippen LogP contribution in [0.15, 0.2) is 72.8 Å². The molecule has 0 aromatic heterocycles. The summed E-state index contributed by atoms with van der Waals surface area (Å²) < 4.78 is 15.1. The van der Waals surface area contributed by atoms with Gasteiger partial charge in [0.05, 0.1) is 19.6 Å². The molecule has 0 bridgehead atoms. The van der Waals surface area contributed by atoms with E-state index in [2.05, 4.69) is 10.6 Å². The number of para-hydroxylation sites is 1. The zero-order chi connectivity index (χ0) is 25.0. The van der Waals surface area contributed by atoms with Crippen molar-refractivity contribution < 1.29 is 28.6 Å². The molecule has 0 spiro atoms. The average Bonchev–Trinajstić information content (AvgIpc) is 2.85. The third-order valence-electron chi connectivity index (χ3n) is 4.91. The summed E-state index contributed by atoms with van der Waals surface area (Å²) in [5.74, 6) is 0.577. The van der Waals surface area contributed by atoms with Gasteiger partial charge in [-0.1, -0.05) is 30.3 Å². The number of hydrogen-bond acceptors (Lipinski definition) is 6. The van der Waals surface area contributed by atoms with Crippen LogP contribution in [0.2, 0.25) is 0 Å². The topological polar surface area (TPSA) is 103 Å². The largest absolute Gasteiger partial charge is 0.513 e. The fourth-order valence-corrected chi connectivity index (χ4v) is 3.24. The summed E-state index contributed by atoms with van der Waals surface area (Å²) in [4.78, 5) is 36.5. The van der Waals surface area contributed by atoms with Gasteiger partial charge < -0.3 is 24.8 Å². The molecule has 3 rings (SSSR count). The van der Waals surface area contributed by atoms with E-state index in [1.165, 1.54) is 12.1 Å². The minimum Gasteiger partial charge on any atom is -0.494 e. The maximum atomic E-state index is 12.6. The lowest BCUT2D eigenvalue weighted by Crippen LogP contribution is -2.24. The van der Waals surface area contributed by atoms with Crippen LogP contribution in [0.1, 0.15) is 35.3 Å². The van der Waals surface area contributed by atoms with Crippen LogP contribution >= 0.6 is 0 Å². The average molecular weight is 477 g/mol. The summed E-state index contributed by atoms with van der Waals surface area (Å²) in [5, 5.41) is 5.76. The first-order valence-corrected chi connectivity index (χ1v) is 11.3. The molecule has 3 aromatic rings. The summed E-state index contributed by atoms with van der Waals surface area (Å²) in [6.07, 6.45) is -0.585. The standard InChI is InChI=1S/C27H28N2O6/c1-3-33-22-13-9-19(10-14-22)17-25(30)29-24-8-6-5-7-21(24)18-28-26(31)20-11-15-23(16-12-20)35-27(32)34-4-2/h5-16H,3-4,17-18H2,1-2H3,(H,28,31)(H,29,30). The lowest BCUT2D eigenvalue weighted by atomic mass is 10.1. The van der Waals surface area contributed by atoms with Crippen LogP contribution in [0.5, 0.6) is 11.5 Å². The second kappa shape index (κ2) is 12.8. The summed E-state index contributed by atoms with van der Waals surface area (Å²) in [6, 6.07) is 20.8. The Morgan fingerprint density at radius 2 is 1.49 bits per heavy atom. The lowest BCUT2D eigenvalue weighted by Gasteiger charge is -2.12. The Kier molecular flexibility index (Phi) is 9.24. The molecule has 2 N–H and O–H groups in total. The maximum absolute atomic E-state index is 12.6. The Morgan fingerprint density at radius 1 is 0.800 bits per heavy atom. The molecule has 0 aliphatic heterocycles. The lowest BCUT2D eigenvalue weighted by molar-refractivity contribution is -0.115. The van der Waals surface area contributed by atoms with Crippen molar-refractivity contribution in [2.24, 2.45) is 0 Å². The summed E-state index contributed by atoms with van der Waals surface area (Å²) in [5.41, 5.74) is 2.66. The van der Waals surface area contributed by atoms with E-state index in [1.54, 1.807) is 25.1 Å². The van der Waals surface area contributed by atoms with Gasteiger partial charge in [0, 0.05) is 17.8 Å². The van der Waals surface area contributed by atoms with Crippen molar-refractivity contribution in [1.29, 1.82) is 0 Å². The summed E-state index contributed by atoms with van der Waals surface area (Å²) in [7, 11) is 0. The molecule has 0 radical (unpaired) electrons. The molecule has 8 nitrogen and oxygen atoms in total. The number of carbonyl (C=O) groups is 3. The third-order valence-corrected chi connectivity index (χ3v) is 4.91. The van der Waals surface area contributed by atoms with E-state index in [4.69, 9.17) is 14.2 Å². The van der Waals surface area contributed by atoms with Crippen LogP contribution in [0.25, 0.3) is 0 Å². The minimum absolute atomic E-state index is 0.162. The Bertz CT molecular complexity index is 1140. The highest BCUT2D eigenvalue weighted by Gasteiger charge is 2.11. The number of anilines is 1. The molecule has 0 fully saturated rings. The van der Waals surface area contributed by atoms with Crippen molar-refractivity contribution in [1.82, 2.24) is 5.32 Å². The Morgan fingerprint density at radius 3 is 2.17 bits per heavy atom. The Hall–Kier alpha value is -4.33. The van der Waals surface area contributed by atoms with Crippen LogP contribution in [0.3, 0.4) is 0 Å². The molecule has 8 heteroatoms. The predicted octanol–water partition coefficient (Wildman–Crippen LogP) is 4.73. The molecule has 0 saturated heterocycles. The smallest absolute Gasteiger partial charge is 0.494 e. The minimum atomic E-state index is -0.800. The third kappa shape index (κ3) is 7.89. The number of carbonyl (C=O) groups excluding carboxylic acids is 3. The predicted molar refractivity (Wildman–Crippen MR) is 132 cm³/mol. The van der Waals surface area contributed by atoms with Crippen molar-refractivity contribution >= 4 is 23.7 Å². The van der Waals surface area contributed by atoms with E-state index in [-0.39, 0.29) is 37.1 Å². The molecule has 0 aliphatic carbocycles. The first-order chi connectivity index (χ1) is 17.0. The van der Waals surface area contributed by atoms with Gasteiger partial charge in [-0.3, -0.25) is 9.59 Å². The molecule has 2 amide bonds. The van der Waals surface area contributed by atoms with E-state index >= 15 is 0 Å². The summed E-state index contributed by atoms with van der Waals surface area (Å²) >= 11 is 0. The molecule has 35 heavy (non-hydrogen) atoms. The maximum Gasteiger partial charge on any atom is 0.513 e. The second-order valence-corrected chi connectivity index (χ2v) is 7.45. The van der Waals surface area contributed by atoms with Crippen molar-refractivity contribution in [3.05, 3.63) is 89.5 Å². The van der Waals surface area contributed by atoms with Crippen LogP contribution in [-0.2, 0) is 22.5 Å². The Balaban J connectivity index is 1.55. The van der Waals surface area contributed by atoms with E-state index in [9.17, 15) is 14.4 Å². The van der Waals surface area contributed by atoms with E-state index < -0.39 is 6.16 Å². The molecule has 0 aliphatic rings. The van der Waals surface area contributed by atoms with Crippen molar-refractivity contribution in [3.63, 3.8) is 0 Å². The van der Waals surface area contributed by atoms with Gasteiger partial charge in [-0.15, -0.1) is 0 Å². The van der Waals surface area contributed by atoms with Gasteiger partial charge in [-0.05, 0) is 67.4 Å². The molecule has 182 valence electrons. The fourth-order valence-electron chi connectivity index (χ4n) is 3.24. The van der Waals surface area contributed by atoms with Crippen molar-refractivity contribution in [2.75, 3.05) is 18.5 Å². The number of hydrogen-bond donors (Lipinski definition) is 2. The molecule has 0 unspecified atom stereocenters. The highest BCUT2D eigenvalue weighted by molar-refractivity contribution is 5.95. The van der Waals surface area contributed by atoms with Crippen LogP contribution in [-0.4, -0.2) is 31.2 Å². The van der Waals surface area contributed by atoms with Gasteiger partial charge in [-0.25, -0.2) is 4.79 Å². The zero-order valence-electron chi connectivity index (χ0n) is 19.7.